The van der Waals surface area contributed by atoms with Crippen molar-refractivity contribution >= 4 is 29.5 Å². The van der Waals surface area contributed by atoms with Crippen molar-refractivity contribution in [2.45, 2.75) is 82.4 Å². The molecule has 15 heteroatoms. The SMILES string of the molecule is NCCOCCNC(=O)[C@@H]1Cc2cccc(c2)CNC(=O)/C=C/C(O)N[C@H]2CC[C@H](CC2)C(=O)N[C@@H](Cc2ccco2)C(=O)NCc2ccccc2CC(=O)N1. The maximum atomic E-state index is 13.7. The first kappa shape index (κ1) is 41.8. The van der Waals surface area contributed by atoms with Crippen molar-refractivity contribution in [2.24, 2.45) is 11.7 Å². The number of furan rings is 1. The number of nitrogens with one attached hydrogen (secondary N) is 6. The van der Waals surface area contributed by atoms with Crippen molar-refractivity contribution in [1.82, 2.24) is 31.9 Å². The summed E-state index contributed by atoms with van der Waals surface area (Å²) in [7, 11) is 0. The molecule has 3 aliphatic rings. The number of rotatable bonds is 8. The van der Waals surface area contributed by atoms with Crippen molar-refractivity contribution in [3.05, 3.63) is 107 Å². The fourth-order valence-corrected chi connectivity index (χ4v) is 6.87. The molecule has 4 bridgehead atoms. The molecule has 0 spiro atoms. The molecule has 0 radical (unpaired) electrons. The minimum atomic E-state index is -1.07. The Bertz CT molecular complexity index is 1790. The maximum Gasteiger partial charge on any atom is 0.244 e. The Morgan fingerprint density at radius 3 is 2.43 bits per heavy atom. The summed E-state index contributed by atoms with van der Waals surface area (Å²) in [6, 6.07) is 16.1. The van der Waals surface area contributed by atoms with Crippen LogP contribution in [0.4, 0.5) is 0 Å². The lowest BCUT2D eigenvalue weighted by molar-refractivity contribution is -0.132. The van der Waals surface area contributed by atoms with Crippen molar-refractivity contribution in [3.8, 4) is 0 Å². The highest BCUT2D eigenvalue weighted by molar-refractivity contribution is 5.90. The number of amides is 5. The largest absolute Gasteiger partial charge is 0.469 e. The van der Waals surface area contributed by atoms with E-state index in [4.69, 9.17) is 14.9 Å². The van der Waals surface area contributed by atoms with Gasteiger partial charge in [-0.05, 0) is 66.1 Å². The number of nitrogens with two attached hydrogens (primary N) is 1. The van der Waals surface area contributed by atoms with E-state index in [1.165, 1.54) is 18.4 Å². The van der Waals surface area contributed by atoms with Crippen molar-refractivity contribution < 1.29 is 38.2 Å². The molecule has 3 aromatic rings. The Morgan fingerprint density at radius 2 is 1.66 bits per heavy atom. The van der Waals surface area contributed by atoms with E-state index in [0.717, 1.165) is 11.1 Å². The first-order chi connectivity index (χ1) is 27.2. The molecule has 2 aromatic carbocycles. The van der Waals surface area contributed by atoms with E-state index in [-0.39, 0.29) is 63.4 Å². The lowest BCUT2D eigenvalue weighted by Crippen LogP contribution is -2.50. The van der Waals surface area contributed by atoms with Crippen LogP contribution in [0, 0.1) is 5.92 Å². The number of benzene rings is 2. The monoisotopic (exact) mass is 771 g/mol. The zero-order valence-electron chi connectivity index (χ0n) is 31.5. The minimum Gasteiger partial charge on any atom is -0.469 e. The summed E-state index contributed by atoms with van der Waals surface area (Å²) in [5.41, 5.74) is 8.39. The number of hydrogen-bond acceptors (Lipinski definition) is 10. The topological polar surface area (TPSA) is 226 Å². The first-order valence-electron chi connectivity index (χ1n) is 19.2. The van der Waals surface area contributed by atoms with Gasteiger partial charge in [0.2, 0.25) is 29.5 Å². The Kier molecular flexibility index (Phi) is 16.2. The number of carbonyl (C=O) groups excluding carboxylic acids is 5. The van der Waals surface area contributed by atoms with Gasteiger partial charge in [0.15, 0.2) is 0 Å². The van der Waals surface area contributed by atoms with Gasteiger partial charge in [0, 0.05) is 57.1 Å². The summed E-state index contributed by atoms with van der Waals surface area (Å²) >= 11 is 0. The average molecular weight is 772 g/mol. The number of aliphatic hydroxyl groups is 1. The van der Waals surface area contributed by atoms with Crippen molar-refractivity contribution in [3.63, 3.8) is 0 Å². The van der Waals surface area contributed by atoms with Crippen LogP contribution >= 0.6 is 0 Å². The molecule has 1 saturated carbocycles. The Labute approximate surface area is 326 Å². The summed E-state index contributed by atoms with van der Waals surface area (Å²) in [6.45, 7) is 1.48. The molecular formula is C41H53N7O8. The number of carbonyl (C=O) groups is 5. The third-order valence-electron chi connectivity index (χ3n) is 9.83. The molecule has 1 aromatic heterocycles. The second kappa shape index (κ2) is 21.7. The van der Waals surface area contributed by atoms with E-state index < -0.39 is 41.9 Å². The van der Waals surface area contributed by atoms with Crippen LogP contribution in [0.25, 0.3) is 0 Å². The van der Waals surface area contributed by atoms with Crippen LogP contribution < -0.4 is 37.6 Å². The molecule has 5 amide bonds. The molecule has 3 atom stereocenters. The van der Waals surface area contributed by atoms with E-state index in [1.807, 2.05) is 36.4 Å². The normalized spacial score (nSPS) is 23.7. The quantitative estimate of drug-likeness (QED) is 0.149. The minimum absolute atomic E-state index is 0.0617. The van der Waals surface area contributed by atoms with Crippen LogP contribution in [0.5, 0.6) is 0 Å². The van der Waals surface area contributed by atoms with E-state index in [2.05, 4.69) is 31.9 Å². The summed E-state index contributed by atoms with van der Waals surface area (Å²) in [4.78, 5) is 66.8. The van der Waals surface area contributed by atoms with Crippen molar-refractivity contribution in [1.29, 1.82) is 0 Å². The van der Waals surface area contributed by atoms with E-state index in [9.17, 15) is 29.1 Å². The molecular weight excluding hydrogens is 718 g/mol. The molecule has 1 fully saturated rings. The lowest BCUT2D eigenvalue weighted by atomic mass is 9.85. The van der Waals surface area contributed by atoms with Crippen LogP contribution in [-0.2, 0) is 61.1 Å². The molecule has 56 heavy (non-hydrogen) atoms. The van der Waals surface area contributed by atoms with Crippen LogP contribution in [-0.4, -0.2) is 85.3 Å². The molecule has 1 aliphatic carbocycles. The van der Waals surface area contributed by atoms with Gasteiger partial charge in [-0.2, -0.15) is 0 Å². The Balaban J connectivity index is 1.36. The van der Waals surface area contributed by atoms with Gasteiger partial charge in [-0.15, -0.1) is 0 Å². The fourth-order valence-electron chi connectivity index (χ4n) is 6.87. The van der Waals surface area contributed by atoms with Gasteiger partial charge in [0.25, 0.3) is 0 Å². The maximum absolute atomic E-state index is 13.7. The molecule has 15 nitrogen and oxygen atoms in total. The second-order valence-corrected chi connectivity index (χ2v) is 14.1. The highest BCUT2D eigenvalue weighted by Crippen LogP contribution is 2.25. The number of fused-ring (bicyclic) bond motifs is 16. The molecule has 1 unspecified atom stereocenters. The molecule has 300 valence electrons. The fraction of sp³-hybridized carbons (Fsp3) is 0.439. The molecule has 6 rings (SSSR count). The van der Waals surface area contributed by atoms with Gasteiger partial charge in [-0.25, -0.2) is 0 Å². The standard InChI is InChI=1S/C41H53N7O8/c42-16-19-55-20-17-43-40(53)34-22-27-5-3-6-28(21-27)25-44-36(49)14-15-37(50)46-32-12-10-29(11-13-32)39(52)48-35(24-33-9-4-18-56-33)41(54)45-26-31-8-2-1-7-30(31)23-38(51)47-34/h1-9,14-15,18,21,29,32,34-35,37,46,50H,10-13,16-17,19-20,22-26,42H2,(H,43,53)(H,44,49)(H,45,54)(H,47,51)(H,48,52)/b15-14+/t29-,32+,34-,35-,37?/m0/s1. The van der Waals surface area contributed by atoms with E-state index in [0.29, 0.717) is 55.7 Å². The van der Waals surface area contributed by atoms with Crippen LogP contribution in [0.2, 0.25) is 0 Å². The summed E-state index contributed by atoms with van der Waals surface area (Å²) in [5, 5.41) is 28.1. The van der Waals surface area contributed by atoms with Crippen molar-refractivity contribution in [2.75, 3.05) is 26.3 Å². The number of aliphatic hydroxyl groups excluding tert-OH is 1. The third-order valence-corrected chi connectivity index (χ3v) is 9.83. The van der Waals surface area contributed by atoms with Crippen LogP contribution in [0.15, 0.2) is 83.5 Å². The number of hydrogen-bond donors (Lipinski definition) is 8. The highest BCUT2D eigenvalue weighted by atomic mass is 16.5. The molecule has 0 saturated heterocycles. The zero-order chi connectivity index (χ0) is 39.7. The second-order valence-electron chi connectivity index (χ2n) is 14.1. The lowest BCUT2D eigenvalue weighted by Gasteiger charge is -2.30. The highest BCUT2D eigenvalue weighted by Gasteiger charge is 2.31. The Hall–Kier alpha value is -5.35. The zero-order valence-corrected chi connectivity index (χ0v) is 31.5. The van der Waals surface area contributed by atoms with E-state index in [1.54, 1.807) is 24.3 Å². The van der Waals surface area contributed by atoms with Gasteiger partial charge in [0.1, 0.15) is 24.1 Å². The van der Waals surface area contributed by atoms with Gasteiger partial charge in [0.05, 0.1) is 25.9 Å². The van der Waals surface area contributed by atoms with Gasteiger partial charge in [-0.3, -0.25) is 29.3 Å². The summed E-state index contributed by atoms with van der Waals surface area (Å²) in [5.74, 6) is -1.63. The predicted molar refractivity (Wildman–Crippen MR) is 207 cm³/mol. The van der Waals surface area contributed by atoms with Crippen LogP contribution in [0.3, 0.4) is 0 Å². The summed E-state index contributed by atoms with van der Waals surface area (Å²) < 4.78 is 10.9. The first-order valence-corrected chi connectivity index (χ1v) is 19.2. The Morgan fingerprint density at radius 1 is 0.875 bits per heavy atom. The average Bonchev–Trinajstić information content (AvgIpc) is 3.71. The van der Waals surface area contributed by atoms with E-state index >= 15 is 0 Å². The van der Waals surface area contributed by atoms with Gasteiger partial charge in [-0.1, -0.05) is 48.5 Å². The molecule has 2 aliphatic heterocycles. The molecule has 9 N–H and O–H groups in total. The molecule has 3 heterocycles. The summed E-state index contributed by atoms with van der Waals surface area (Å²) in [6.07, 6.45) is 5.68. The van der Waals surface area contributed by atoms with Gasteiger partial charge >= 0.3 is 0 Å². The third kappa shape index (κ3) is 13.4. The predicted octanol–water partition coefficient (Wildman–Crippen LogP) is 0.638. The number of ether oxygens (including phenoxy) is 1. The smallest absolute Gasteiger partial charge is 0.244 e. The van der Waals surface area contributed by atoms with Crippen LogP contribution in [0.1, 0.15) is 53.7 Å². The van der Waals surface area contributed by atoms with Gasteiger partial charge < -0.3 is 46.6 Å².